The zero-order valence-corrected chi connectivity index (χ0v) is 10.9. The van der Waals surface area contributed by atoms with Crippen molar-refractivity contribution in [3.05, 3.63) is 52.1 Å². The summed E-state index contributed by atoms with van der Waals surface area (Å²) < 4.78 is 5.49. The summed E-state index contributed by atoms with van der Waals surface area (Å²) in [6.45, 7) is 0.767. The van der Waals surface area contributed by atoms with E-state index in [1.54, 1.807) is 12.1 Å². The van der Waals surface area contributed by atoms with Crippen LogP contribution in [0.15, 0.2) is 36.4 Å². The average Bonchev–Trinajstić information content (AvgIpc) is 2.41. The maximum atomic E-state index is 10.6. The summed E-state index contributed by atoms with van der Waals surface area (Å²) in [5, 5.41) is 13.7. The second-order valence-corrected chi connectivity index (χ2v) is 4.09. The summed E-state index contributed by atoms with van der Waals surface area (Å²) in [4.78, 5) is 13.9. The van der Waals surface area contributed by atoms with E-state index in [2.05, 4.69) is 10.3 Å². The molecule has 0 spiro atoms. The fourth-order valence-electron chi connectivity index (χ4n) is 1.66. The Balaban J connectivity index is 2.13. The van der Waals surface area contributed by atoms with Gasteiger partial charge in [0.05, 0.1) is 4.92 Å². The van der Waals surface area contributed by atoms with Crippen LogP contribution < -0.4 is 15.8 Å². The first-order chi connectivity index (χ1) is 9.60. The zero-order chi connectivity index (χ0) is 14.5. The smallest absolute Gasteiger partial charge is 0.311 e. The molecule has 0 aliphatic heterocycles. The van der Waals surface area contributed by atoms with E-state index in [0.29, 0.717) is 5.75 Å². The van der Waals surface area contributed by atoms with Crippen molar-refractivity contribution < 1.29 is 9.66 Å². The SMILES string of the molecule is CNCc1ccc(Oc2ccc([N+](=O)[O-])c(N)n2)cc1. The normalized spacial score (nSPS) is 10.2. The molecular weight excluding hydrogens is 260 g/mol. The Kier molecular flexibility index (Phi) is 4.11. The van der Waals surface area contributed by atoms with Gasteiger partial charge in [-0.1, -0.05) is 12.1 Å². The molecule has 0 fully saturated rings. The number of rotatable bonds is 5. The Morgan fingerprint density at radius 1 is 1.30 bits per heavy atom. The molecule has 104 valence electrons. The van der Waals surface area contributed by atoms with E-state index in [9.17, 15) is 10.1 Å². The summed E-state index contributed by atoms with van der Waals surface area (Å²) in [6, 6.07) is 10.1. The Bertz CT molecular complexity index is 614. The van der Waals surface area contributed by atoms with Crippen LogP contribution in [-0.2, 0) is 6.54 Å². The largest absolute Gasteiger partial charge is 0.439 e. The van der Waals surface area contributed by atoms with Crippen LogP contribution in [-0.4, -0.2) is 17.0 Å². The van der Waals surface area contributed by atoms with Crippen LogP contribution in [0.25, 0.3) is 0 Å². The van der Waals surface area contributed by atoms with Crippen molar-refractivity contribution in [1.82, 2.24) is 10.3 Å². The molecule has 7 nitrogen and oxygen atoms in total. The van der Waals surface area contributed by atoms with Crippen molar-refractivity contribution in [2.75, 3.05) is 12.8 Å². The molecule has 0 saturated heterocycles. The molecule has 1 aromatic heterocycles. The van der Waals surface area contributed by atoms with E-state index in [1.165, 1.54) is 12.1 Å². The Morgan fingerprint density at radius 2 is 2.00 bits per heavy atom. The van der Waals surface area contributed by atoms with Gasteiger partial charge in [-0.2, -0.15) is 4.98 Å². The number of pyridine rings is 1. The van der Waals surface area contributed by atoms with E-state index in [-0.39, 0.29) is 17.4 Å². The standard InChI is InChI=1S/C13H14N4O3/c1-15-8-9-2-4-10(5-3-9)20-12-7-6-11(17(18)19)13(14)16-12/h2-7,15H,8H2,1H3,(H2,14,16). The molecule has 0 atom stereocenters. The molecule has 0 aliphatic rings. The first kappa shape index (κ1) is 13.8. The number of nitrogens with two attached hydrogens (primary N) is 1. The Morgan fingerprint density at radius 3 is 2.55 bits per heavy atom. The third-order valence-electron chi connectivity index (χ3n) is 2.60. The Hall–Kier alpha value is -2.67. The molecule has 7 heteroatoms. The van der Waals surface area contributed by atoms with Gasteiger partial charge in [0.1, 0.15) is 5.75 Å². The van der Waals surface area contributed by atoms with Gasteiger partial charge in [-0.25, -0.2) is 0 Å². The van der Waals surface area contributed by atoms with Crippen molar-refractivity contribution >= 4 is 11.5 Å². The van der Waals surface area contributed by atoms with Gasteiger partial charge in [0.15, 0.2) is 0 Å². The molecule has 3 N–H and O–H groups in total. The Labute approximate surface area is 115 Å². The van der Waals surface area contributed by atoms with Crippen LogP contribution in [0.5, 0.6) is 11.6 Å². The van der Waals surface area contributed by atoms with Crippen molar-refractivity contribution in [1.29, 1.82) is 0 Å². The number of nitrogens with zero attached hydrogens (tertiary/aromatic N) is 2. The number of hydrogen-bond acceptors (Lipinski definition) is 6. The first-order valence-corrected chi connectivity index (χ1v) is 5.92. The molecule has 0 aliphatic carbocycles. The molecule has 1 aromatic carbocycles. The number of nitro groups is 1. The molecule has 0 saturated carbocycles. The lowest BCUT2D eigenvalue weighted by atomic mass is 10.2. The summed E-state index contributed by atoms with van der Waals surface area (Å²) in [5.74, 6) is 0.638. The number of anilines is 1. The molecule has 20 heavy (non-hydrogen) atoms. The highest BCUT2D eigenvalue weighted by atomic mass is 16.6. The van der Waals surface area contributed by atoms with Crippen LogP contribution in [0.1, 0.15) is 5.56 Å². The van der Waals surface area contributed by atoms with Gasteiger partial charge in [0.2, 0.25) is 11.7 Å². The minimum absolute atomic E-state index is 0.167. The van der Waals surface area contributed by atoms with Gasteiger partial charge in [0, 0.05) is 18.7 Å². The number of nitrogen functional groups attached to an aromatic ring is 1. The molecule has 0 radical (unpaired) electrons. The molecule has 0 amide bonds. The number of aromatic nitrogens is 1. The van der Waals surface area contributed by atoms with Gasteiger partial charge < -0.3 is 15.8 Å². The lowest BCUT2D eigenvalue weighted by Crippen LogP contribution is -2.04. The van der Waals surface area contributed by atoms with Gasteiger partial charge in [-0.3, -0.25) is 10.1 Å². The lowest BCUT2D eigenvalue weighted by Gasteiger charge is -2.06. The second-order valence-electron chi connectivity index (χ2n) is 4.09. The van der Waals surface area contributed by atoms with Crippen molar-refractivity contribution in [2.24, 2.45) is 0 Å². The quantitative estimate of drug-likeness (QED) is 0.639. The van der Waals surface area contributed by atoms with Crippen LogP contribution in [0.3, 0.4) is 0 Å². The summed E-state index contributed by atoms with van der Waals surface area (Å²) in [7, 11) is 1.87. The summed E-state index contributed by atoms with van der Waals surface area (Å²) >= 11 is 0. The topological polar surface area (TPSA) is 103 Å². The summed E-state index contributed by atoms with van der Waals surface area (Å²) in [5.41, 5.74) is 6.39. The third kappa shape index (κ3) is 3.21. The highest BCUT2D eigenvalue weighted by Gasteiger charge is 2.13. The van der Waals surface area contributed by atoms with Crippen LogP contribution >= 0.6 is 0 Å². The number of nitrogens with one attached hydrogen (secondary N) is 1. The van der Waals surface area contributed by atoms with Gasteiger partial charge in [-0.15, -0.1) is 0 Å². The van der Waals surface area contributed by atoms with Crippen molar-refractivity contribution in [3.8, 4) is 11.6 Å². The average molecular weight is 274 g/mol. The molecular formula is C13H14N4O3. The van der Waals surface area contributed by atoms with Crippen molar-refractivity contribution in [2.45, 2.75) is 6.54 Å². The van der Waals surface area contributed by atoms with Crippen LogP contribution in [0.4, 0.5) is 11.5 Å². The lowest BCUT2D eigenvalue weighted by molar-refractivity contribution is -0.384. The number of benzene rings is 1. The van der Waals surface area contributed by atoms with Crippen LogP contribution in [0, 0.1) is 10.1 Å². The minimum Gasteiger partial charge on any atom is -0.439 e. The molecule has 0 bridgehead atoms. The van der Waals surface area contributed by atoms with Gasteiger partial charge in [-0.05, 0) is 24.7 Å². The molecule has 2 aromatic rings. The maximum absolute atomic E-state index is 10.6. The van der Waals surface area contributed by atoms with E-state index in [0.717, 1.165) is 12.1 Å². The van der Waals surface area contributed by atoms with E-state index < -0.39 is 4.92 Å². The first-order valence-electron chi connectivity index (χ1n) is 5.92. The van der Waals surface area contributed by atoms with E-state index in [4.69, 9.17) is 10.5 Å². The predicted molar refractivity (Wildman–Crippen MR) is 74.6 cm³/mol. The van der Waals surface area contributed by atoms with Gasteiger partial charge >= 0.3 is 5.69 Å². The number of hydrogen-bond donors (Lipinski definition) is 2. The molecule has 2 rings (SSSR count). The van der Waals surface area contributed by atoms with Crippen molar-refractivity contribution in [3.63, 3.8) is 0 Å². The van der Waals surface area contributed by atoms with E-state index in [1.807, 2.05) is 19.2 Å². The van der Waals surface area contributed by atoms with Crippen LogP contribution in [0.2, 0.25) is 0 Å². The zero-order valence-electron chi connectivity index (χ0n) is 10.9. The van der Waals surface area contributed by atoms with E-state index >= 15 is 0 Å². The molecule has 0 unspecified atom stereocenters. The monoisotopic (exact) mass is 274 g/mol. The highest BCUT2D eigenvalue weighted by Crippen LogP contribution is 2.25. The number of ether oxygens (including phenoxy) is 1. The molecule has 1 heterocycles. The minimum atomic E-state index is -0.585. The fraction of sp³-hybridized carbons (Fsp3) is 0.154. The highest BCUT2D eigenvalue weighted by molar-refractivity contribution is 5.53. The third-order valence-corrected chi connectivity index (χ3v) is 2.60. The fourth-order valence-corrected chi connectivity index (χ4v) is 1.66. The maximum Gasteiger partial charge on any atom is 0.311 e. The second kappa shape index (κ2) is 5.98. The predicted octanol–water partition coefficient (Wildman–Crippen LogP) is 2.08. The summed E-state index contributed by atoms with van der Waals surface area (Å²) in [6.07, 6.45) is 0. The van der Waals surface area contributed by atoms with Gasteiger partial charge in [0.25, 0.3) is 0 Å².